The second-order valence-corrected chi connectivity index (χ2v) is 5.40. The number of carbonyl (C=O) groups is 1. The quantitative estimate of drug-likeness (QED) is 0.611. The molecule has 1 saturated heterocycles. The van der Waals surface area contributed by atoms with Crippen LogP contribution < -0.4 is 11.2 Å². The maximum Gasteiger partial charge on any atom is 0.512 e. The molecule has 0 spiro atoms. The first-order valence-electron chi connectivity index (χ1n) is 5.81. The Labute approximate surface area is 106 Å². The Morgan fingerprint density at radius 2 is 1.72 bits per heavy atom. The highest BCUT2D eigenvalue weighted by molar-refractivity contribution is 6.61. The Balaban J connectivity index is 2.33. The number of H-pyrrole nitrogens is 1. The molecular weight excluding hydrogens is 233 g/mol. The van der Waals surface area contributed by atoms with Gasteiger partial charge in [0.05, 0.1) is 16.8 Å². The lowest BCUT2D eigenvalue weighted by molar-refractivity contribution is 0.00578. The molecule has 0 amide bonds. The van der Waals surface area contributed by atoms with E-state index in [1.165, 1.54) is 6.07 Å². The van der Waals surface area contributed by atoms with Crippen LogP contribution in [0.25, 0.3) is 0 Å². The second kappa shape index (κ2) is 4.07. The molecular formula is C12H16BNO4. The Morgan fingerprint density at radius 1 is 1.17 bits per heavy atom. The summed E-state index contributed by atoms with van der Waals surface area (Å²) in [4.78, 5) is 24.7. The smallest absolute Gasteiger partial charge is 0.398 e. The molecule has 1 N–H and O–H groups in total. The highest BCUT2D eigenvalue weighted by Crippen LogP contribution is 2.36. The summed E-state index contributed by atoms with van der Waals surface area (Å²) in [6.07, 6.45) is 0.521. The molecule has 0 saturated carbocycles. The molecule has 1 aliphatic rings. The van der Waals surface area contributed by atoms with Gasteiger partial charge in [0.1, 0.15) is 0 Å². The zero-order valence-corrected chi connectivity index (χ0v) is 10.9. The Kier molecular flexibility index (Phi) is 2.95. The molecule has 0 bridgehead atoms. The number of nitrogens with one attached hydrogen (secondary N) is 1. The van der Waals surface area contributed by atoms with E-state index in [4.69, 9.17) is 9.31 Å². The average molecular weight is 249 g/mol. The summed E-state index contributed by atoms with van der Waals surface area (Å²) in [7, 11) is -0.622. The van der Waals surface area contributed by atoms with Gasteiger partial charge in [0, 0.05) is 5.59 Å². The number of rotatable bonds is 2. The minimum Gasteiger partial charge on any atom is -0.398 e. The van der Waals surface area contributed by atoms with Crippen molar-refractivity contribution in [3.8, 4) is 0 Å². The topological polar surface area (TPSA) is 68.4 Å². The SMILES string of the molecule is CC1(C)OB(c2ccc(C=O)c(=O)[nH]2)OC1(C)C. The number of hydrogen-bond donors (Lipinski definition) is 1. The number of hydrogen-bond acceptors (Lipinski definition) is 4. The lowest BCUT2D eigenvalue weighted by Gasteiger charge is -2.32. The largest absolute Gasteiger partial charge is 0.512 e. The minimum atomic E-state index is -0.622. The highest BCUT2D eigenvalue weighted by Gasteiger charge is 2.52. The Hall–Kier alpha value is -1.40. The summed E-state index contributed by atoms with van der Waals surface area (Å²) in [6, 6.07) is 3.10. The van der Waals surface area contributed by atoms with E-state index in [0.29, 0.717) is 11.9 Å². The summed E-state index contributed by atoms with van der Waals surface area (Å²) >= 11 is 0. The Bertz CT molecular complexity index is 519. The number of aromatic nitrogens is 1. The zero-order valence-electron chi connectivity index (χ0n) is 10.9. The van der Waals surface area contributed by atoms with Crippen molar-refractivity contribution < 1.29 is 14.1 Å². The second-order valence-electron chi connectivity index (χ2n) is 5.40. The van der Waals surface area contributed by atoms with E-state index >= 15 is 0 Å². The normalized spacial score (nSPS) is 21.0. The van der Waals surface area contributed by atoms with Gasteiger partial charge in [-0.25, -0.2) is 0 Å². The van der Waals surface area contributed by atoms with Crippen LogP contribution in [0.15, 0.2) is 16.9 Å². The summed E-state index contributed by atoms with van der Waals surface area (Å²) in [6.45, 7) is 7.74. The van der Waals surface area contributed by atoms with Crippen LogP contribution in [-0.2, 0) is 9.31 Å². The number of aromatic amines is 1. The molecule has 0 aliphatic carbocycles. The van der Waals surface area contributed by atoms with Crippen molar-refractivity contribution in [1.82, 2.24) is 4.98 Å². The molecule has 2 rings (SSSR count). The molecule has 5 nitrogen and oxygen atoms in total. The van der Waals surface area contributed by atoms with E-state index < -0.39 is 23.9 Å². The van der Waals surface area contributed by atoms with Crippen molar-refractivity contribution in [2.24, 2.45) is 0 Å². The van der Waals surface area contributed by atoms with E-state index in [-0.39, 0.29) is 5.56 Å². The number of carbonyl (C=O) groups excluding carboxylic acids is 1. The summed E-state index contributed by atoms with van der Waals surface area (Å²) in [5, 5.41) is 0. The maximum atomic E-state index is 11.6. The van der Waals surface area contributed by atoms with Gasteiger partial charge in [0.15, 0.2) is 6.29 Å². The van der Waals surface area contributed by atoms with E-state index in [2.05, 4.69) is 4.98 Å². The summed E-state index contributed by atoms with van der Waals surface area (Å²) < 4.78 is 11.6. The molecule has 2 heterocycles. The standard InChI is InChI=1S/C12H16BNO4/c1-11(2)12(3,4)18-13(17-11)9-6-5-8(7-15)10(16)14-9/h5-7H,1-4H3,(H,14,16). The molecule has 96 valence electrons. The minimum absolute atomic E-state index is 0.0928. The van der Waals surface area contributed by atoms with Crippen molar-refractivity contribution in [1.29, 1.82) is 0 Å². The summed E-state index contributed by atoms with van der Waals surface area (Å²) in [5.41, 5.74) is -0.743. The molecule has 0 aromatic carbocycles. The zero-order chi connectivity index (χ0) is 13.6. The lowest BCUT2D eigenvalue weighted by Crippen LogP contribution is -2.41. The molecule has 6 heteroatoms. The van der Waals surface area contributed by atoms with Gasteiger partial charge in [-0.15, -0.1) is 0 Å². The predicted octanol–water partition coefficient (Wildman–Crippen LogP) is 0.487. The molecule has 1 aromatic heterocycles. The highest BCUT2D eigenvalue weighted by atomic mass is 16.7. The third kappa shape index (κ3) is 2.02. The van der Waals surface area contributed by atoms with Gasteiger partial charge in [-0.1, -0.05) is 0 Å². The molecule has 1 aromatic rings. The summed E-state index contributed by atoms with van der Waals surface area (Å²) in [5.74, 6) is 0. The van der Waals surface area contributed by atoms with E-state index in [1.807, 2.05) is 27.7 Å². The Morgan fingerprint density at radius 3 is 2.17 bits per heavy atom. The third-order valence-electron chi connectivity index (χ3n) is 3.60. The van der Waals surface area contributed by atoms with Gasteiger partial charge in [0.2, 0.25) is 0 Å². The number of aldehydes is 1. The van der Waals surface area contributed by atoms with Crippen LogP contribution in [0.3, 0.4) is 0 Å². The van der Waals surface area contributed by atoms with Crippen LogP contribution >= 0.6 is 0 Å². The molecule has 0 radical (unpaired) electrons. The monoisotopic (exact) mass is 249 g/mol. The molecule has 1 aliphatic heterocycles. The van der Waals surface area contributed by atoms with Crippen molar-refractivity contribution in [2.45, 2.75) is 38.9 Å². The van der Waals surface area contributed by atoms with Crippen molar-refractivity contribution in [3.05, 3.63) is 28.0 Å². The lowest BCUT2D eigenvalue weighted by atomic mass is 9.84. The molecule has 0 unspecified atom stereocenters. The van der Waals surface area contributed by atoms with Gasteiger partial charge in [-0.2, -0.15) is 0 Å². The fourth-order valence-corrected chi connectivity index (χ4v) is 1.70. The molecule has 1 fully saturated rings. The van der Waals surface area contributed by atoms with Crippen LogP contribution in [0.4, 0.5) is 0 Å². The van der Waals surface area contributed by atoms with Crippen LogP contribution in [-0.4, -0.2) is 29.6 Å². The molecule has 18 heavy (non-hydrogen) atoms. The van der Waals surface area contributed by atoms with Crippen LogP contribution in [0.2, 0.25) is 0 Å². The number of pyridine rings is 1. The maximum absolute atomic E-state index is 11.6. The van der Waals surface area contributed by atoms with Crippen molar-refractivity contribution in [3.63, 3.8) is 0 Å². The van der Waals surface area contributed by atoms with Crippen molar-refractivity contribution in [2.75, 3.05) is 0 Å². The first-order chi connectivity index (χ1) is 8.27. The van der Waals surface area contributed by atoms with Crippen LogP contribution in [0, 0.1) is 0 Å². The van der Waals surface area contributed by atoms with E-state index in [9.17, 15) is 9.59 Å². The van der Waals surface area contributed by atoms with Gasteiger partial charge in [-0.3, -0.25) is 9.59 Å². The van der Waals surface area contributed by atoms with E-state index in [1.54, 1.807) is 6.07 Å². The van der Waals surface area contributed by atoms with Crippen molar-refractivity contribution >= 4 is 19.0 Å². The van der Waals surface area contributed by atoms with Gasteiger partial charge >= 0.3 is 7.12 Å². The average Bonchev–Trinajstić information content (AvgIpc) is 2.48. The van der Waals surface area contributed by atoms with Gasteiger partial charge in [-0.05, 0) is 39.8 Å². The van der Waals surface area contributed by atoms with Gasteiger partial charge < -0.3 is 14.3 Å². The molecule has 0 atom stereocenters. The van der Waals surface area contributed by atoms with Crippen LogP contribution in [0.1, 0.15) is 38.1 Å². The first-order valence-corrected chi connectivity index (χ1v) is 5.81. The fourth-order valence-electron chi connectivity index (χ4n) is 1.70. The fraction of sp³-hybridized carbons (Fsp3) is 0.500. The first kappa shape index (κ1) is 13.0. The van der Waals surface area contributed by atoms with Crippen LogP contribution in [0.5, 0.6) is 0 Å². The van der Waals surface area contributed by atoms with E-state index in [0.717, 1.165) is 0 Å². The van der Waals surface area contributed by atoms with Gasteiger partial charge in [0.25, 0.3) is 5.56 Å². The third-order valence-corrected chi connectivity index (χ3v) is 3.60. The predicted molar refractivity (Wildman–Crippen MR) is 68.2 cm³/mol.